The zero-order valence-electron chi connectivity index (χ0n) is 12.7. The normalized spacial score (nSPS) is 10.8. The molecule has 0 aliphatic heterocycles. The Kier molecular flexibility index (Phi) is 4.94. The minimum Gasteiger partial charge on any atom is -0.207 e. The molecule has 2 aromatic rings. The Hall–Kier alpha value is -1.63. The van der Waals surface area contributed by atoms with Gasteiger partial charge in [-0.1, -0.05) is 57.0 Å². The Morgan fingerprint density at radius 2 is 1.50 bits per heavy atom. The van der Waals surface area contributed by atoms with Crippen LogP contribution in [0.15, 0.2) is 36.4 Å². The second kappa shape index (κ2) is 6.69. The summed E-state index contributed by atoms with van der Waals surface area (Å²) in [7, 11) is 0. The van der Waals surface area contributed by atoms with Crippen LogP contribution in [0.4, 0.5) is 4.39 Å². The molecule has 20 heavy (non-hydrogen) atoms. The molecule has 0 N–H and O–H groups in total. The fraction of sp³-hybridized carbons (Fsp3) is 0.368. The molecule has 0 nitrogen and oxygen atoms in total. The molecule has 0 atom stereocenters. The van der Waals surface area contributed by atoms with Crippen molar-refractivity contribution < 1.29 is 4.39 Å². The second-order valence-corrected chi connectivity index (χ2v) is 5.45. The number of halogens is 1. The largest absolute Gasteiger partial charge is 0.207 e. The van der Waals surface area contributed by atoms with E-state index in [0.717, 1.165) is 47.9 Å². The summed E-state index contributed by atoms with van der Waals surface area (Å²) in [6.07, 6.45) is 4.04. The monoisotopic (exact) mass is 270 g/mol. The summed E-state index contributed by atoms with van der Waals surface area (Å²) in [5, 5.41) is 0. The van der Waals surface area contributed by atoms with Crippen molar-refractivity contribution in [3.63, 3.8) is 0 Å². The molecule has 0 aromatic heterocycles. The maximum Gasteiger partial charge on any atom is 0.127 e. The van der Waals surface area contributed by atoms with Crippen LogP contribution >= 0.6 is 0 Å². The van der Waals surface area contributed by atoms with E-state index in [1.165, 1.54) is 5.56 Å². The van der Waals surface area contributed by atoms with Gasteiger partial charge in [-0.15, -0.1) is 0 Å². The highest BCUT2D eigenvalue weighted by Gasteiger charge is 2.08. The SMILES string of the molecule is CCCc1ccc(-c2cc(C)c(CCC)c(F)c2)cc1. The summed E-state index contributed by atoms with van der Waals surface area (Å²) in [5.41, 5.74) is 5.33. The van der Waals surface area contributed by atoms with E-state index >= 15 is 0 Å². The lowest BCUT2D eigenvalue weighted by Gasteiger charge is -2.10. The van der Waals surface area contributed by atoms with Crippen molar-refractivity contribution in [1.82, 2.24) is 0 Å². The first-order valence-corrected chi connectivity index (χ1v) is 7.54. The van der Waals surface area contributed by atoms with Gasteiger partial charge in [-0.3, -0.25) is 0 Å². The van der Waals surface area contributed by atoms with E-state index in [2.05, 4.69) is 44.2 Å². The van der Waals surface area contributed by atoms with Gasteiger partial charge in [0.25, 0.3) is 0 Å². The third-order valence-corrected chi connectivity index (χ3v) is 3.74. The van der Waals surface area contributed by atoms with E-state index in [1.807, 2.05) is 6.92 Å². The molecule has 0 aliphatic carbocycles. The van der Waals surface area contributed by atoms with Gasteiger partial charge in [0.15, 0.2) is 0 Å². The summed E-state index contributed by atoms with van der Waals surface area (Å²) in [4.78, 5) is 0. The van der Waals surface area contributed by atoms with Crippen molar-refractivity contribution in [3.8, 4) is 11.1 Å². The summed E-state index contributed by atoms with van der Waals surface area (Å²) >= 11 is 0. The van der Waals surface area contributed by atoms with Crippen molar-refractivity contribution in [2.75, 3.05) is 0 Å². The zero-order valence-corrected chi connectivity index (χ0v) is 12.7. The van der Waals surface area contributed by atoms with Gasteiger partial charge in [0, 0.05) is 0 Å². The van der Waals surface area contributed by atoms with E-state index in [4.69, 9.17) is 0 Å². The smallest absolute Gasteiger partial charge is 0.127 e. The van der Waals surface area contributed by atoms with Gasteiger partial charge in [-0.25, -0.2) is 4.39 Å². The van der Waals surface area contributed by atoms with Gasteiger partial charge in [0.2, 0.25) is 0 Å². The lowest BCUT2D eigenvalue weighted by atomic mass is 9.96. The van der Waals surface area contributed by atoms with E-state index in [0.29, 0.717) is 0 Å². The molecule has 0 bridgehead atoms. The predicted molar refractivity (Wildman–Crippen MR) is 84.6 cm³/mol. The summed E-state index contributed by atoms with van der Waals surface area (Å²) in [5.74, 6) is -0.0699. The molecule has 0 spiro atoms. The van der Waals surface area contributed by atoms with Crippen LogP contribution in [0, 0.1) is 12.7 Å². The van der Waals surface area contributed by atoms with Crippen molar-refractivity contribution in [3.05, 3.63) is 58.9 Å². The second-order valence-electron chi connectivity index (χ2n) is 5.45. The molecule has 106 valence electrons. The highest BCUT2D eigenvalue weighted by Crippen LogP contribution is 2.26. The number of benzene rings is 2. The number of hydrogen-bond acceptors (Lipinski definition) is 0. The molecule has 0 fully saturated rings. The molecule has 0 heterocycles. The van der Waals surface area contributed by atoms with Crippen molar-refractivity contribution in [1.29, 1.82) is 0 Å². The molecule has 1 heteroatoms. The number of rotatable bonds is 5. The number of hydrogen-bond donors (Lipinski definition) is 0. The van der Waals surface area contributed by atoms with Crippen LogP contribution in [0.1, 0.15) is 43.4 Å². The van der Waals surface area contributed by atoms with Crippen molar-refractivity contribution in [2.45, 2.75) is 46.5 Å². The third kappa shape index (κ3) is 3.27. The van der Waals surface area contributed by atoms with E-state index in [-0.39, 0.29) is 5.82 Å². The fourth-order valence-electron chi connectivity index (χ4n) is 2.66. The summed E-state index contributed by atoms with van der Waals surface area (Å²) in [6, 6.07) is 12.3. The number of aryl methyl sites for hydroxylation is 2. The molecule has 0 amide bonds. The highest BCUT2D eigenvalue weighted by molar-refractivity contribution is 5.65. The van der Waals surface area contributed by atoms with Gasteiger partial charge in [0.1, 0.15) is 5.82 Å². The van der Waals surface area contributed by atoms with Gasteiger partial charge < -0.3 is 0 Å². The zero-order chi connectivity index (χ0) is 14.5. The van der Waals surface area contributed by atoms with Crippen LogP contribution < -0.4 is 0 Å². The first-order chi connectivity index (χ1) is 9.65. The quantitative estimate of drug-likeness (QED) is 0.653. The Balaban J connectivity index is 2.33. The lowest BCUT2D eigenvalue weighted by Crippen LogP contribution is -1.95. The van der Waals surface area contributed by atoms with Crippen LogP contribution in [-0.2, 0) is 12.8 Å². The molecule has 2 aromatic carbocycles. The summed E-state index contributed by atoms with van der Waals surface area (Å²) in [6.45, 7) is 6.27. The molecule has 0 saturated heterocycles. The Labute approximate surface area is 121 Å². The van der Waals surface area contributed by atoms with Gasteiger partial charge in [-0.05, 0) is 53.6 Å². The Bertz CT molecular complexity index is 544. The van der Waals surface area contributed by atoms with Gasteiger partial charge in [-0.2, -0.15) is 0 Å². The van der Waals surface area contributed by atoms with Crippen molar-refractivity contribution >= 4 is 0 Å². The Morgan fingerprint density at radius 3 is 2.05 bits per heavy atom. The van der Waals surface area contributed by atoms with E-state index in [1.54, 1.807) is 6.07 Å². The molecule has 2 rings (SSSR count). The molecule has 0 saturated carbocycles. The highest BCUT2D eigenvalue weighted by atomic mass is 19.1. The molecular formula is C19H23F. The van der Waals surface area contributed by atoms with Crippen LogP contribution in [-0.4, -0.2) is 0 Å². The maximum absolute atomic E-state index is 14.2. The van der Waals surface area contributed by atoms with Crippen LogP contribution in [0.2, 0.25) is 0 Å². The fourth-order valence-corrected chi connectivity index (χ4v) is 2.66. The van der Waals surface area contributed by atoms with Crippen LogP contribution in [0.5, 0.6) is 0 Å². The average Bonchev–Trinajstić information content (AvgIpc) is 2.44. The standard InChI is InChI=1S/C19H23F/c1-4-6-15-8-10-16(11-9-15)17-12-14(3)18(7-5-2)19(20)13-17/h8-13H,4-7H2,1-3H3. The average molecular weight is 270 g/mol. The molecule has 0 aliphatic rings. The third-order valence-electron chi connectivity index (χ3n) is 3.74. The predicted octanol–water partition coefficient (Wildman–Crippen LogP) is 5.71. The first kappa shape index (κ1) is 14.8. The van der Waals surface area contributed by atoms with Crippen LogP contribution in [0.3, 0.4) is 0 Å². The first-order valence-electron chi connectivity index (χ1n) is 7.54. The summed E-state index contributed by atoms with van der Waals surface area (Å²) < 4.78 is 14.2. The van der Waals surface area contributed by atoms with Crippen molar-refractivity contribution in [2.24, 2.45) is 0 Å². The topological polar surface area (TPSA) is 0 Å². The van der Waals surface area contributed by atoms with E-state index in [9.17, 15) is 4.39 Å². The maximum atomic E-state index is 14.2. The van der Waals surface area contributed by atoms with E-state index < -0.39 is 0 Å². The lowest BCUT2D eigenvalue weighted by molar-refractivity contribution is 0.606. The molecule has 0 radical (unpaired) electrons. The molecular weight excluding hydrogens is 247 g/mol. The van der Waals surface area contributed by atoms with Crippen LogP contribution in [0.25, 0.3) is 11.1 Å². The molecule has 0 unspecified atom stereocenters. The van der Waals surface area contributed by atoms with Gasteiger partial charge >= 0.3 is 0 Å². The minimum atomic E-state index is -0.0699. The Morgan fingerprint density at radius 1 is 0.850 bits per heavy atom. The minimum absolute atomic E-state index is 0.0699. The van der Waals surface area contributed by atoms with Gasteiger partial charge in [0.05, 0.1) is 0 Å².